The van der Waals surface area contributed by atoms with E-state index in [1.807, 2.05) is 30.3 Å². The maximum atomic E-state index is 10.8. The number of hydrogen-bond acceptors (Lipinski definition) is 4. The molecule has 0 aliphatic rings. The van der Waals surface area contributed by atoms with Crippen LogP contribution >= 0.6 is 0 Å². The topological polar surface area (TPSA) is 91.8 Å². The molecule has 0 saturated heterocycles. The van der Waals surface area contributed by atoms with E-state index in [2.05, 4.69) is 10.2 Å². The van der Waals surface area contributed by atoms with Crippen LogP contribution in [0, 0.1) is 11.3 Å². The Kier molecular flexibility index (Phi) is 3.38. The van der Waals surface area contributed by atoms with Gasteiger partial charge < -0.3 is 5.11 Å². The number of allylic oxidation sites excluding steroid dienone is 1. The largest absolute Gasteiger partial charge is 0.478 e. The monoisotopic (exact) mass is 290 g/mol. The molecule has 3 aromatic rings. The summed E-state index contributed by atoms with van der Waals surface area (Å²) < 4.78 is 0. The van der Waals surface area contributed by atoms with Crippen molar-refractivity contribution < 1.29 is 9.90 Å². The molecule has 0 radical (unpaired) electrons. The van der Waals surface area contributed by atoms with Crippen molar-refractivity contribution in [1.82, 2.24) is 15.0 Å². The fourth-order valence-electron chi connectivity index (χ4n) is 1.98. The van der Waals surface area contributed by atoms with E-state index in [4.69, 9.17) is 5.11 Å². The third kappa shape index (κ3) is 2.55. The van der Waals surface area contributed by atoms with Crippen molar-refractivity contribution in [3.8, 4) is 6.07 Å². The molecular weight excluding hydrogens is 280 g/mol. The summed E-state index contributed by atoms with van der Waals surface area (Å²) in [6, 6.07) is 15.6. The summed E-state index contributed by atoms with van der Waals surface area (Å²) in [6.07, 6.45) is 1.60. The molecule has 6 heteroatoms. The molecule has 1 N–H and O–H groups in total. The SMILES string of the molecule is N#C/C(=C/c1ccc(C(=O)O)cc1)n1nc2ccccc2n1. The molecule has 0 spiro atoms. The van der Waals surface area contributed by atoms with Gasteiger partial charge in [0.25, 0.3) is 0 Å². The van der Waals surface area contributed by atoms with E-state index in [0.717, 1.165) is 0 Å². The summed E-state index contributed by atoms with van der Waals surface area (Å²) in [7, 11) is 0. The van der Waals surface area contributed by atoms with Gasteiger partial charge in [-0.1, -0.05) is 24.3 Å². The molecule has 1 heterocycles. The minimum atomic E-state index is -0.990. The molecule has 0 atom stereocenters. The fraction of sp³-hybridized carbons (Fsp3) is 0. The predicted molar refractivity (Wildman–Crippen MR) is 80.7 cm³/mol. The quantitative estimate of drug-likeness (QED) is 0.749. The van der Waals surface area contributed by atoms with Gasteiger partial charge in [-0.25, -0.2) is 4.79 Å². The number of fused-ring (bicyclic) bond motifs is 1. The Morgan fingerprint density at radius 1 is 1.09 bits per heavy atom. The van der Waals surface area contributed by atoms with Crippen molar-refractivity contribution in [2.75, 3.05) is 0 Å². The number of carbonyl (C=O) groups is 1. The lowest BCUT2D eigenvalue weighted by Crippen LogP contribution is -1.99. The van der Waals surface area contributed by atoms with Crippen LogP contribution in [0.1, 0.15) is 15.9 Å². The molecule has 0 saturated carbocycles. The predicted octanol–water partition coefficient (Wildman–Crippen LogP) is 2.65. The van der Waals surface area contributed by atoms with E-state index in [1.165, 1.54) is 16.9 Å². The number of aromatic nitrogens is 3. The van der Waals surface area contributed by atoms with Gasteiger partial charge in [0.15, 0.2) is 5.70 Å². The molecule has 0 unspecified atom stereocenters. The third-order valence-electron chi connectivity index (χ3n) is 3.08. The lowest BCUT2D eigenvalue weighted by Gasteiger charge is -1.98. The second kappa shape index (κ2) is 5.50. The van der Waals surface area contributed by atoms with Crippen LogP contribution in [0.25, 0.3) is 22.8 Å². The smallest absolute Gasteiger partial charge is 0.335 e. The van der Waals surface area contributed by atoms with Crippen molar-refractivity contribution in [3.63, 3.8) is 0 Å². The van der Waals surface area contributed by atoms with Crippen LogP contribution in [0.4, 0.5) is 0 Å². The van der Waals surface area contributed by atoms with Crippen molar-refractivity contribution in [2.24, 2.45) is 0 Å². The van der Waals surface area contributed by atoms with Crippen LogP contribution in [-0.2, 0) is 0 Å². The fourth-order valence-corrected chi connectivity index (χ4v) is 1.98. The Morgan fingerprint density at radius 3 is 2.18 bits per heavy atom. The van der Waals surface area contributed by atoms with Gasteiger partial charge in [-0.2, -0.15) is 5.26 Å². The van der Waals surface area contributed by atoms with E-state index in [9.17, 15) is 10.1 Å². The van der Waals surface area contributed by atoms with Gasteiger partial charge >= 0.3 is 5.97 Å². The lowest BCUT2D eigenvalue weighted by molar-refractivity contribution is 0.0697. The number of nitrogens with zero attached hydrogens (tertiary/aromatic N) is 4. The Labute approximate surface area is 125 Å². The Hall–Kier alpha value is -3.46. The molecule has 3 rings (SSSR count). The average Bonchev–Trinajstić information content (AvgIpc) is 2.96. The molecule has 0 amide bonds. The Morgan fingerprint density at radius 2 is 1.68 bits per heavy atom. The zero-order chi connectivity index (χ0) is 15.5. The molecule has 2 aromatic carbocycles. The highest BCUT2D eigenvalue weighted by atomic mass is 16.4. The summed E-state index contributed by atoms with van der Waals surface area (Å²) in [5.74, 6) is -0.990. The zero-order valence-corrected chi connectivity index (χ0v) is 11.3. The second-order valence-corrected chi connectivity index (χ2v) is 4.55. The van der Waals surface area contributed by atoms with Crippen molar-refractivity contribution >= 4 is 28.8 Å². The number of carboxylic acids is 1. The number of nitriles is 1. The maximum absolute atomic E-state index is 10.8. The van der Waals surface area contributed by atoms with Crippen LogP contribution < -0.4 is 0 Å². The van der Waals surface area contributed by atoms with Crippen molar-refractivity contribution in [1.29, 1.82) is 5.26 Å². The van der Waals surface area contributed by atoms with E-state index in [-0.39, 0.29) is 11.3 Å². The first-order valence-electron chi connectivity index (χ1n) is 6.45. The summed E-state index contributed by atoms with van der Waals surface area (Å²) in [5.41, 5.74) is 2.54. The van der Waals surface area contributed by atoms with Gasteiger partial charge in [0.1, 0.15) is 17.1 Å². The maximum Gasteiger partial charge on any atom is 0.335 e. The molecule has 0 aliphatic carbocycles. The van der Waals surface area contributed by atoms with E-state index in [0.29, 0.717) is 16.6 Å². The van der Waals surface area contributed by atoms with Gasteiger partial charge in [0, 0.05) is 0 Å². The van der Waals surface area contributed by atoms with Crippen LogP contribution in [-0.4, -0.2) is 26.1 Å². The highest BCUT2D eigenvalue weighted by molar-refractivity contribution is 5.88. The molecule has 0 bridgehead atoms. The number of carboxylic acid groups (broad SMARTS) is 1. The molecule has 106 valence electrons. The van der Waals surface area contributed by atoms with Gasteiger partial charge in [-0.3, -0.25) is 0 Å². The number of aromatic carboxylic acids is 1. The first kappa shape index (κ1) is 13.5. The highest BCUT2D eigenvalue weighted by Gasteiger charge is 2.07. The molecule has 0 fully saturated rings. The van der Waals surface area contributed by atoms with Crippen molar-refractivity contribution in [3.05, 3.63) is 59.7 Å². The van der Waals surface area contributed by atoms with Crippen LogP contribution in [0.15, 0.2) is 48.5 Å². The molecule has 0 aliphatic heterocycles. The number of benzene rings is 2. The Balaban J connectivity index is 1.99. The zero-order valence-electron chi connectivity index (χ0n) is 11.3. The second-order valence-electron chi connectivity index (χ2n) is 4.55. The third-order valence-corrected chi connectivity index (χ3v) is 3.08. The van der Waals surface area contributed by atoms with Gasteiger partial charge in [-0.05, 0) is 35.9 Å². The molecule has 6 nitrogen and oxygen atoms in total. The van der Waals surface area contributed by atoms with Crippen LogP contribution in [0.2, 0.25) is 0 Å². The number of hydrogen-bond donors (Lipinski definition) is 1. The highest BCUT2D eigenvalue weighted by Crippen LogP contribution is 2.14. The number of rotatable bonds is 3. The summed E-state index contributed by atoms with van der Waals surface area (Å²) in [4.78, 5) is 12.1. The summed E-state index contributed by atoms with van der Waals surface area (Å²) in [5, 5.41) is 26.7. The summed E-state index contributed by atoms with van der Waals surface area (Å²) >= 11 is 0. The summed E-state index contributed by atoms with van der Waals surface area (Å²) in [6.45, 7) is 0. The molecule has 22 heavy (non-hydrogen) atoms. The van der Waals surface area contributed by atoms with Crippen LogP contribution in [0.3, 0.4) is 0 Å². The van der Waals surface area contributed by atoms with E-state index < -0.39 is 5.97 Å². The van der Waals surface area contributed by atoms with Crippen LogP contribution in [0.5, 0.6) is 0 Å². The lowest BCUT2D eigenvalue weighted by atomic mass is 10.1. The van der Waals surface area contributed by atoms with Gasteiger partial charge in [0.2, 0.25) is 0 Å². The average molecular weight is 290 g/mol. The standard InChI is InChI=1S/C16H10N4O2/c17-10-13(9-11-5-7-12(8-6-11)16(21)22)20-18-14-3-1-2-4-15(14)19-20/h1-9H,(H,21,22)/b13-9-. The first-order chi connectivity index (χ1) is 10.7. The van der Waals surface area contributed by atoms with Gasteiger partial charge in [0.05, 0.1) is 5.56 Å². The van der Waals surface area contributed by atoms with E-state index >= 15 is 0 Å². The van der Waals surface area contributed by atoms with Gasteiger partial charge in [-0.15, -0.1) is 15.0 Å². The molecular formula is C16H10N4O2. The normalized spacial score (nSPS) is 11.3. The van der Waals surface area contributed by atoms with Crippen molar-refractivity contribution in [2.45, 2.75) is 0 Å². The first-order valence-corrected chi connectivity index (χ1v) is 6.45. The minimum Gasteiger partial charge on any atom is -0.478 e. The Bertz CT molecular complexity index is 884. The minimum absolute atomic E-state index is 0.193. The van der Waals surface area contributed by atoms with E-state index in [1.54, 1.807) is 18.2 Å². The molecule has 1 aromatic heterocycles.